The van der Waals surface area contributed by atoms with E-state index in [1.807, 2.05) is 13.8 Å². The van der Waals surface area contributed by atoms with Crippen molar-refractivity contribution in [2.24, 2.45) is 23.2 Å². The van der Waals surface area contributed by atoms with Crippen molar-refractivity contribution in [3.05, 3.63) is 35.5 Å². The van der Waals surface area contributed by atoms with Gasteiger partial charge < -0.3 is 25.2 Å². The number of hydrogen-bond acceptors (Lipinski definition) is 5. The maximum Gasteiger partial charge on any atom is 0.114 e. The lowest BCUT2D eigenvalue weighted by atomic mass is 9.60. The second-order valence-electron chi connectivity index (χ2n) is 12.4. The molecule has 0 aromatic rings. The number of fused-ring (bicyclic) bond motifs is 1. The molecule has 0 heterocycles. The summed E-state index contributed by atoms with van der Waals surface area (Å²) in [6.07, 6.45) is 12.1. The van der Waals surface area contributed by atoms with E-state index in [-0.39, 0.29) is 6.61 Å². The van der Waals surface area contributed by atoms with E-state index in [1.165, 1.54) is 37.7 Å². The minimum Gasteiger partial charge on any atom is -0.396 e. The summed E-state index contributed by atoms with van der Waals surface area (Å²) < 4.78 is 5.63. The first-order chi connectivity index (χ1) is 16.5. The number of hydrogen-bond donors (Lipinski definition) is 4. The molecule has 0 radical (unpaired) electrons. The Morgan fingerprint density at radius 2 is 1.94 bits per heavy atom. The predicted molar refractivity (Wildman–Crippen MR) is 141 cm³/mol. The van der Waals surface area contributed by atoms with E-state index in [0.717, 1.165) is 30.8 Å². The zero-order valence-electron chi connectivity index (χ0n) is 22.5. The van der Waals surface area contributed by atoms with Gasteiger partial charge in [-0.3, -0.25) is 0 Å². The minimum atomic E-state index is -0.931. The Bertz CT molecular complexity index is 778. The molecule has 7 atom stereocenters. The number of ether oxygens (including phenoxy) is 1. The largest absolute Gasteiger partial charge is 0.396 e. The lowest BCUT2D eigenvalue weighted by Gasteiger charge is -2.44. The highest BCUT2D eigenvalue weighted by Crippen LogP contribution is 2.60. The SMILES string of the molecule is C=C1/C(=C\C=C2/CCC[C@]3(C)[C@@H]([C@H](C)CCCC(C)(C)O)CC[C@@H]23)C[C@@H](O)[C@@H](OCCCO)[C@@H]1O. The third-order valence-corrected chi connectivity index (χ3v) is 9.17. The summed E-state index contributed by atoms with van der Waals surface area (Å²) in [4.78, 5) is 0. The van der Waals surface area contributed by atoms with Crippen molar-refractivity contribution in [2.75, 3.05) is 13.2 Å². The molecule has 0 aliphatic heterocycles. The third kappa shape index (κ3) is 6.87. The van der Waals surface area contributed by atoms with Crippen molar-refractivity contribution in [2.45, 2.75) is 116 Å². The zero-order chi connectivity index (χ0) is 25.8. The molecule has 3 saturated carbocycles. The normalized spacial score (nSPS) is 37.1. The van der Waals surface area contributed by atoms with Gasteiger partial charge in [0.05, 0.1) is 11.7 Å². The summed E-state index contributed by atoms with van der Waals surface area (Å²) in [5.74, 6) is 1.98. The van der Waals surface area contributed by atoms with E-state index >= 15 is 0 Å². The minimum absolute atomic E-state index is 0.0269. The second-order valence-corrected chi connectivity index (χ2v) is 12.4. The molecule has 3 rings (SSSR count). The molecule has 35 heavy (non-hydrogen) atoms. The molecule has 200 valence electrons. The van der Waals surface area contributed by atoms with Gasteiger partial charge in [0.15, 0.2) is 0 Å². The highest BCUT2D eigenvalue weighted by atomic mass is 16.5. The molecular formula is C30H50O5. The first kappa shape index (κ1) is 28.6. The molecule has 0 spiro atoms. The molecule has 3 fully saturated rings. The summed E-state index contributed by atoms with van der Waals surface area (Å²) in [5, 5.41) is 40.4. The summed E-state index contributed by atoms with van der Waals surface area (Å²) in [6.45, 7) is 13.2. The van der Waals surface area contributed by atoms with Gasteiger partial charge in [0, 0.05) is 19.6 Å². The van der Waals surface area contributed by atoms with E-state index in [1.54, 1.807) is 0 Å². The predicted octanol–water partition coefficient (Wildman–Crippen LogP) is 5.08. The molecule has 0 aromatic carbocycles. The van der Waals surface area contributed by atoms with Gasteiger partial charge in [0.25, 0.3) is 0 Å². The van der Waals surface area contributed by atoms with Crippen molar-refractivity contribution in [1.29, 1.82) is 0 Å². The second kappa shape index (κ2) is 12.0. The van der Waals surface area contributed by atoms with Crippen molar-refractivity contribution in [1.82, 2.24) is 0 Å². The lowest BCUT2D eigenvalue weighted by Crippen LogP contribution is -2.45. The number of rotatable bonds is 10. The first-order valence-corrected chi connectivity index (χ1v) is 13.9. The maximum atomic E-state index is 10.7. The van der Waals surface area contributed by atoms with Crippen molar-refractivity contribution < 1.29 is 25.2 Å². The van der Waals surface area contributed by atoms with Gasteiger partial charge in [-0.2, -0.15) is 0 Å². The first-order valence-electron chi connectivity index (χ1n) is 13.9. The van der Waals surface area contributed by atoms with Crippen LogP contribution in [0.2, 0.25) is 0 Å². The fourth-order valence-electron chi connectivity index (χ4n) is 7.21. The van der Waals surface area contributed by atoms with Gasteiger partial charge in [0.1, 0.15) is 12.2 Å². The van der Waals surface area contributed by atoms with E-state index in [0.29, 0.717) is 42.3 Å². The topological polar surface area (TPSA) is 90.2 Å². The average molecular weight is 491 g/mol. The van der Waals surface area contributed by atoms with E-state index in [4.69, 9.17) is 9.84 Å². The van der Waals surface area contributed by atoms with Crippen LogP contribution in [0.3, 0.4) is 0 Å². The Hall–Kier alpha value is -0.980. The van der Waals surface area contributed by atoms with Crippen LogP contribution in [-0.2, 0) is 4.74 Å². The van der Waals surface area contributed by atoms with Gasteiger partial charge in [-0.25, -0.2) is 0 Å². The fourth-order valence-corrected chi connectivity index (χ4v) is 7.21. The maximum absolute atomic E-state index is 10.7. The smallest absolute Gasteiger partial charge is 0.114 e. The van der Waals surface area contributed by atoms with E-state index in [9.17, 15) is 15.3 Å². The van der Waals surface area contributed by atoms with Crippen LogP contribution in [0, 0.1) is 23.2 Å². The van der Waals surface area contributed by atoms with Crippen LogP contribution in [0.4, 0.5) is 0 Å². The Kier molecular flexibility index (Phi) is 9.84. The van der Waals surface area contributed by atoms with Gasteiger partial charge >= 0.3 is 0 Å². The molecular weight excluding hydrogens is 440 g/mol. The van der Waals surface area contributed by atoms with Crippen molar-refractivity contribution in [3.63, 3.8) is 0 Å². The van der Waals surface area contributed by atoms with Crippen LogP contribution in [0.5, 0.6) is 0 Å². The van der Waals surface area contributed by atoms with Crippen LogP contribution in [0.1, 0.15) is 91.9 Å². The molecule has 4 N–H and O–H groups in total. The van der Waals surface area contributed by atoms with Crippen LogP contribution in [0.15, 0.2) is 35.5 Å². The number of aliphatic hydroxyl groups is 4. The molecule has 3 aliphatic carbocycles. The van der Waals surface area contributed by atoms with Crippen LogP contribution in [-0.4, -0.2) is 57.6 Å². The third-order valence-electron chi connectivity index (χ3n) is 9.17. The quantitative estimate of drug-likeness (QED) is 0.321. The van der Waals surface area contributed by atoms with Gasteiger partial charge in [-0.1, -0.05) is 51.0 Å². The van der Waals surface area contributed by atoms with Crippen molar-refractivity contribution >= 4 is 0 Å². The molecule has 0 unspecified atom stereocenters. The molecule has 0 bridgehead atoms. The van der Waals surface area contributed by atoms with Crippen LogP contribution >= 0.6 is 0 Å². The summed E-state index contributed by atoms with van der Waals surface area (Å²) in [7, 11) is 0. The van der Waals surface area contributed by atoms with Gasteiger partial charge in [-0.15, -0.1) is 0 Å². The standard InChI is InChI=1S/C30H50O5/c1-20(9-6-15-29(3,4)34)24-13-14-25-22(10-7-16-30(24,25)5)11-12-23-19-26(32)28(27(33)21(23)2)35-18-8-17-31/h11-12,20,24-28,31-34H,2,6-10,13-19H2,1,3-5H3/b22-11+,23-12-/t20-,24-,25+,26-,27-,28-,30-/m1/s1. The Labute approximate surface area is 213 Å². The molecule has 0 aromatic heterocycles. The summed E-state index contributed by atoms with van der Waals surface area (Å²) in [5.41, 5.74) is 2.79. The zero-order valence-corrected chi connectivity index (χ0v) is 22.5. The van der Waals surface area contributed by atoms with E-state index in [2.05, 4.69) is 32.6 Å². The molecule has 5 heteroatoms. The van der Waals surface area contributed by atoms with Crippen molar-refractivity contribution in [3.8, 4) is 0 Å². The Morgan fingerprint density at radius 1 is 1.20 bits per heavy atom. The molecule has 3 aliphatic rings. The monoisotopic (exact) mass is 490 g/mol. The molecule has 0 amide bonds. The van der Waals surface area contributed by atoms with Crippen LogP contribution in [0.25, 0.3) is 0 Å². The fraction of sp³-hybridized carbons (Fsp3) is 0.800. The van der Waals surface area contributed by atoms with E-state index < -0.39 is 23.9 Å². The summed E-state index contributed by atoms with van der Waals surface area (Å²) >= 11 is 0. The molecule has 5 nitrogen and oxygen atoms in total. The highest BCUT2D eigenvalue weighted by Gasteiger charge is 2.50. The Balaban J connectivity index is 1.67. The number of allylic oxidation sites excluding steroid dienone is 3. The highest BCUT2D eigenvalue weighted by molar-refractivity contribution is 5.40. The summed E-state index contributed by atoms with van der Waals surface area (Å²) in [6, 6.07) is 0. The van der Waals surface area contributed by atoms with Crippen LogP contribution < -0.4 is 0 Å². The lowest BCUT2D eigenvalue weighted by molar-refractivity contribution is -0.0968. The molecule has 0 saturated heterocycles. The average Bonchev–Trinajstić information content (AvgIpc) is 3.14. The van der Waals surface area contributed by atoms with Gasteiger partial charge in [0.2, 0.25) is 0 Å². The Morgan fingerprint density at radius 3 is 2.63 bits per heavy atom. The number of aliphatic hydroxyl groups excluding tert-OH is 3. The van der Waals surface area contributed by atoms with Gasteiger partial charge in [-0.05, 0) is 93.1 Å².